The highest BCUT2D eigenvalue weighted by Crippen LogP contribution is 2.25. The highest BCUT2D eigenvalue weighted by molar-refractivity contribution is 5.20. The SMILES string of the molecule is CN1CCC(CN2CCNCC2c2ccccc2)C1. The standard InChI is InChI=1S/C16H25N3/c1-18-9-7-14(12-18)13-19-10-8-17-11-16(19)15-5-3-2-4-6-15/h2-6,14,16-17H,7-13H2,1H3. The van der Waals surface area contributed by atoms with Gasteiger partial charge in [0.25, 0.3) is 0 Å². The molecule has 0 amide bonds. The highest BCUT2D eigenvalue weighted by Gasteiger charge is 2.28. The number of benzene rings is 1. The quantitative estimate of drug-likeness (QED) is 0.889. The van der Waals surface area contributed by atoms with E-state index >= 15 is 0 Å². The Morgan fingerprint density at radius 3 is 2.79 bits per heavy atom. The second kappa shape index (κ2) is 6.04. The molecule has 1 aromatic rings. The van der Waals surface area contributed by atoms with Gasteiger partial charge in [0.1, 0.15) is 0 Å². The van der Waals surface area contributed by atoms with E-state index in [1.807, 2.05) is 0 Å². The van der Waals surface area contributed by atoms with Gasteiger partial charge in [0.05, 0.1) is 0 Å². The molecule has 0 aromatic heterocycles. The molecule has 2 unspecified atom stereocenters. The summed E-state index contributed by atoms with van der Waals surface area (Å²) in [6.45, 7) is 7.20. The van der Waals surface area contributed by atoms with E-state index in [0.29, 0.717) is 6.04 Å². The van der Waals surface area contributed by atoms with Crippen molar-refractivity contribution in [1.82, 2.24) is 15.1 Å². The Hall–Kier alpha value is -0.900. The Bertz CT molecular complexity index is 392. The summed E-state index contributed by atoms with van der Waals surface area (Å²) in [6, 6.07) is 11.5. The number of nitrogens with one attached hydrogen (secondary N) is 1. The first-order valence-corrected chi connectivity index (χ1v) is 7.51. The topological polar surface area (TPSA) is 18.5 Å². The fourth-order valence-corrected chi connectivity index (χ4v) is 3.48. The summed E-state index contributed by atoms with van der Waals surface area (Å²) >= 11 is 0. The number of rotatable bonds is 3. The summed E-state index contributed by atoms with van der Waals surface area (Å²) in [5.74, 6) is 0.856. The monoisotopic (exact) mass is 259 g/mol. The molecule has 19 heavy (non-hydrogen) atoms. The van der Waals surface area contributed by atoms with Gasteiger partial charge in [0.15, 0.2) is 0 Å². The van der Waals surface area contributed by atoms with Crippen molar-refractivity contribution in [3.8, 4) is 0 Å². The predicted octanol–water partition coefficient (Wildman–Crippen LogP) is 1.58. The summed E-state index contributed by atoms with van der Waals surface area (Å²) in [4.78, 5) is 5.15. The molecule has 3 heteroatoms. The molecule has 2 aliphatic heterocycles. The molecular formula is C16H25N3. The van der Waals surface area contributed by atoms with Crippen LogP contribution in [0.1, 0.15) is 18.0 Å². The number of likely N-dealkylation sites (tertiary alicyclic amines) is 1. The molecule has 0 spiro atoms. The molecule has 0 saturated carbocycles. The Kier molecular flexibility index (Phi) is 4.16. The van der Waals surface area contributed by atoms with Crippen molar-refractivity contribution in [1.29, 1.82) is 0 Å². The van der Waals surface area contributed by atoms with Gasteiger partial charge >= 0.3 is 0 Å². The maximum atomic E-state index is 3.54. The van der Waals surface area contributed by atoms with E-state index in [1.54, 1.807) is 0 Å². The minimum atomic E-state index is 0.556. The molecular weight excluding hydrogens is 234 g/mol. The van der Waals surface area contributed by atoms with Crippen molar-refractivity contribution < 1.29 is 0 Å². The average Bonchev–Trinajstić information content (AvgIpc) is 2.86. The lowest BCUT2D eigenvalue weighted by Crippen LogP contribution is -2.47. The van der Waals surface area contributed by atoms with E-state index in [9.17, 15) is 0 Å². The van der Waals surface area contributed by atoms with Gasteiger partial charge in [-0.2, -0.15) is 0 Å². The molecule has 0 bridgehead atoms. The van der Waals surface area contributed by atoms with Crippen molar-refractivity contribution in [3.05, 3.63) is 35.9 Å². The van der Waals surface area contributed by atoms with Crippen molar-refractivity contribution in [3.63, 3.8) is 0 Å². The smallest absolute Gasteiger partial charge is 0.0473 e. The van der Waals surface area contributed by atoms with Crippen molar-refractivity contribution >= 4 is 0 Å². The fourth-order valence-electron chi connectivity index (χ4n) is 3.48. The van der Waals surface area contributed by atoms with Gasteiger partial charge in [-0.05, 0) is 31.5 Å². The molecule has 2 aliphatic rings. The van der Waals surface area contributed by atoms with E-state index in [1.165, 1.54) is 38.2 Å². The van der Waals surface area contributed by atoms with Gasteiger partial charge in [-0.1, -0.05) is 30.3 Å². The lowest BCUT2D eigenvalue weighted by atomic mass is 10.0. The lowest BCUT2D eigenvalue weighted by Gasteiger charge is -2.38. The van der Waals surface area contributed by atoms with Crippen LogP contribution in [0.2, 0.25) is 0 Å². The van der Waals surface area contributed by atoms with Crippen molar-refractivity contribution in [2.75, 3.05) is 46.3 Å². The third-order valence-electron chi connectivity index (χ3n) is 4.52. The first kappa shape index (κ1) is 13.1. The molecule has 0 radical (unpaired) electrons. The van der Waals surface area contributed by atoms with Gasteiger partial charge in [-0.15, -0.1) is 0 Å². The van der Waals surface area contributed by atoms with Crippen LogP contribution < -0.4 is 5.32 Å². The summed E-state index contributed by atoms with van der Waals surface area (Å²) in [5.41, 5.74) is 1.46. The van der Waals surface area contributed by atoms with E-state index in [2.05, 4.69) is 52.5 Å². The Labute approximate surface area is 116 Å². The maximum absolute atomic E-state index is 3.54. The average molecular weight is 259 g/mol. The van der Waals surface area contributed by atoms with Crippen LogP contribution in [-0.4, -0.2) is 56.1 Å². The largest absolute Gasteiger partial charge is 0.314 e. The number of hydrogen-bond acceptors (Lipinski definition) is 3. The van der Waals surface area contributed by atoms with Crippen LogP contribution in [-0.2, 0) is 0 Å². The van der Waals surface area contributed by atoms with Crippen LogP contribution in [0.5, 0.6) is 0 Å². The Balaban J connectivity index is 1.67. The van der Waals surface area contributed by atoms with E-state index < -0.39 is 0 Å². The van der Waals surface area contributed by atoms with Crippen LogP contribution >= 0.6 is 0 Å². The molecule has 0 aliphatic carbocycles. The third-order valence-corrected chi connectivity index (χ3v) is 4.52. The number of piperazine rings is 1. The molecule has 1 N–H and O–H groups in total. The third kappa shape index (κ3) is 3.16. The number of hydrogen-bond donors (Lipinski definition) is 1. The second-order valence-corrected chi connectivity index (χ2v) is 6.04. The van der Waals surface area contributed by atoms with Crippen LogP contribution in [0.15, 0.2) is 30.3 Å². The summed E-state index contributed by atoms with van der Waals surface area (Å²) in [5, 5.41) is 3.54. The molecule has 3 rings (SSSR count). The summed E-state index contributed by atoms with van der Waals surface area (Å²) < 4.78 is 0. The van der Waals surface area contributed by atoms with Gasteiger partial charge in [-0.25, -0.2) is 0 Å². The molecule has 2 fully saturated rings. The Morgan fingerprint density at radius 1 is 1.21 bits per heavy atom. The fraction of sp³-hybridized carbons (Fsp3) is 0.625. The molecule has 104 valence electrons. The zero-order chi connectivity index (χ0) is 13.1. The highest BCUT2D eigenvalue weighted by atomic mass is 15.2. The van der Waals surface area contributed by atoms with Gasteiger partial charge in [-0.3, -0.25) is 4.90 Å². The first-order chi connectivity index (χ1) is 9.33. The first-order valence-electron chi connectivity index (χ1n) is 7.51. The number of nitrogens with zero attached hydrogens (tertiary/aromatic N) is 2. The second-order valence-electron chi connectivity index (χ2n) is 6.04. The Morgan fingerprint density at radius 2 is 2.05 bits per heavy atom. The molecule has 3 nitrogen and oxygen atoms in total. The molecule has 1 aromatic carbocycles. The van der Waals surface area contributed by atoms with E-state index in [-0.39, 0.29) is 0 Å². The maximum Gasteiger partial charge on any atom is 0.0473 e. The van der Waals surface area contributed by atoms with Gasteiger partial charge in [0.2, 0.25) is 0 Å². The zero-order valence-corrected chi connectivity index (χ0v) is 11.9. The van der Waals surface area contributed by atoms with Crippen LogP contribution in [0.25, 0.3) is 0 Å². The summed E-state index contributed by atoms with van der Waals surface area (Å²) in [7, 11) is 2.24. The van der Waals surface area contributed by atoms with Gasteiger partial charge in [0, 0.05) is 38.8 Å². The van der Waals surface area contributed by atoms with E-state index in [4.69, 9.17) is 0 Å². The lowest BCUT2D eigenvalue weighted by molar-refractivity contribution is 0.138. The minimum absolute atomic E-state index is 0.556. The summed E-state index contributed by atoms with van der Waals surface area (Å²) in [6.07, 6.45) is 1.36. The normalized spacial score (nSPS) is 29.7. The molecule has 2 saturated heterocycles. The molecule has 2 atom stereocenters. The van der Waals surface area contributed by atoms with Crippen LogP contribution in [0.4, 0.5) is 0 Å². The van der Waals surface area contributed by atoms with Crippen molar-refractivity contribution in [2.24, 2.45) is 5.92 Å². The molecule has 2 heterocycles. The van der Waals surface area contributed by atoms with Crippen LogP contribution in [0.3, 0.4) is 0 Å². The minimum Gasteiger partial charge on any atom is -0.314 e. The van der Waals surface area contributed by atoms with Crippen molar-refractivity contribution in [2.45, 2.75) is 12.5 Å². The van der Waals surface area contributed by atoms with Gasteiger partial charge < -0.3 is 10.2 Å². The van der Waals surface area contributed by atoms with E-state index in [0.717, 1.165) is 19.0 Å². The zero-order valence-electron chi connectivity index (χ0n) is 11.9. The van der Waals surface area contributed by atoms with Crippen LogP contribution in [0, 0.1) is 5.92 Å². The predicted molar refractivity (Wildman–Crippen MR) is 79.2 cm³/mol.